The summed E-state index contributed by atoms with van der Waals surface area (Å²) in [5.41, 5.74) is 2.70. The van der Waals surface area contributed by atoms with Crippen molar-refractivity contribution >= 4 is 24.0 Å². The third kappa shape index (κ3) is 5.42. The number of hydrazine groups is 1. The van der Waals surface area contributed by atoms with E-state index in [1.807, 2.05) is 0 Å². The fourth-order valence-electron chi connectivity index (χ4n) is 4.14. The Labute approximate surface area is 168 Å². The molecule has 3 rings (SSSR count). The molecular formula is C19H27N5O5. The molecule has 158 valence electrons. The highest BCUT2D eigenvalue weighted by Gasteiger charge is 2.39. The van der Waals surface area contributed by atoms with Gasteiger partial charge in [0, 0.05) is 24.9 Å². The van der Waals surface area contributed by atoms with Crippen molar-refractivity contribution in [3.63, 3.8) is 0 Å². The number of nitrogens with zero attached hydrogens (tertiary/aromatic N) is 2. The van der Waals surface area contributed by atoms with Crippen LogP contribution in [0.3, 0.4) is 0 Å². The van der Waals surface area contributed by atoms with Crippen molar-refractivity contribution in [1.82, 2.24) is 20.5 Å². The van der Waals surface area contributed by atoms with Gasteiger partial charge in [-0.05, 0) is 18.8 Å². The predicted molar refractivity (Wildman–Crippen MR) is 104 cm³/mol. The van der Waals surface area contributed by atoms with Crippen LogP contribution in [-0.2, 0) is 14.4 Å². The highest BCUT2D eigenvalue weighted by molar-refractivity contribution is 5.97. The highest BCUT2D eigenvalue weighted by atomic mass is 16.5. The van der Waals surface area contributed by atoms with Gasteiger partial charge < -0.3 is 10.3 Å². The molecule has 1 aliphatic carbocycles. The highest BCUT2D eigenvalue weighted by Crippen LogP contribution is 2.31. The van der Waals surface area contributed by atoms with Crippen molar-refractivity contribution in [3.8, 4) is 0 Å². The summed E-state index contributed by atoms with van der Waals surface area (Å²) in [5.74, 6) is -0.719. The average Bonchev–Trinajstić information content (AvgIpc) is 3.38. The molecule has 1 saturated carbocycles. The Balaban J connectivity index is 1.70. The zero-order valence-corrected chi connectivity index (χ0v) is 16.2. The summed E-state index contributed by atoms with van der Waals surface area (Å²) >= 11 is 0. The number of H-pyrrole nitrogens is 1. The first-order chi connectivity index (χ1) is 14.0. The minimum atomic E-state index is -0.749. The number of carbonyl (C=O) groups excluding carboxylic acids is 3. The van der Waals surface area contributed by atoms with Crippen molar-refractivity contribution in [2.24, 2.45) is 11.8 Å². The topological polar surface area (TPSA) is 135 Å². The molecule has 2 atom stereocenters. The second kappa shape index (κ2) is 9.66. The summed E-state index contributed by atoms with van der Waals surface area (Å²) < 4.78 is 0. The van der Waals surface area contributed by atoms with E-state index in [0.29, 0.717) is 30.4 Å². The van der Waals surface area contributed by atoms with E-state index in [4.69, 9.17) is 0 Å². The van der Waals surface area contributed by atoms with Crippen LogP contribution in [-0.4, -0.2) is 57.6 Å². The summed E-state index contributed by atoms with van der Waals surface area (Å²) in [6, 6.07) is 1.85. The Bertz CT molecular complexity index is 791. The Morgan fingerprint density at radius 2 is 2.10 bits per heavy atom. The van der Waals surface area contributed by atoms with Crippen LogP contribution < -0.4 is 16.2 Å². The summed E-state index contributed by atoms with van der Waals surface area (Å²) in [5, 5.41) is 14.1. The van der Waals surface area contributed by atoms with Gasteiger partial charge in [-0.3, -0.25) is 29.4 Å². The van der Waals surface area contributed by atoms with Gasteiger partial charge in [0.2, 0.25) is 18.2 Å². The largest absolute Gasteiger partial charge is 0.348 e. The summed E-state index contributed by atoms with van der Waals surface area (Å²) in [4.78, 5) is 51.0. The van der Waals surface area contributed by atoms with Gasteiger partial charge in [0.05, 0.1) is 12.5 Å². The zero-order valence-electron chi connectivity index (χ0n) is 16.2. The summed E-state index contributed by atoms with van der Waals surface area (Å²) in [7, 11) is 0. The molecule has 2 unspecified atom stereocenters. The van der Waals surface area contributed by atoms with E-state index in [1.165, 1.54) is 23.3 Å². The van der Waals surface area contributed by atoms with Crippen LogP contribution in [0.25, 0.3) is 0 Å². The molecule has 0 bridgehead atoms. The number of anilines is 1. The number of aromatic nitrogens is 1. The second-order valence-corrected chi connectivity index (χ2v) is 7.66. The van der Waals surface area contributed by atoms with E-state index in [1.54, 1.807) is 0 Å². The van der Waals surface area contributed by atoms with E-state index in [0.717, 1.165) is 25.7 Å². The van der Waals surface area contributed by atoms with E-state index >= 15 is 0 Å². The molecular weight excluding hydrogens is 378 g/mol. The number of amides is 3. The fraction of sp³-hybridized carbons (Fsp3) is 0.579. The lowest BCUT2D eigenvalue weighted by molar-refractivity contribution is -0.159. The van der Waals surface area contributed by atoms with E-state index < -0.39 is 17.9 Å². The van der Waals surface area contributed by atoms with Crippen molar-refractivity contribution in [3.05, 3.63) is 28.6 Å². The van der Waals surface area contributed by atoms with Crippen LogP contribution >= 0.6 is 0 Å². The first-order valence-corrected chi connectivity index (χ1v) is 9.95. The van der Waals surface area contributed by atoms with Crippen molar-refractivity contribution in [2.75, 3.05) is 18.4 Å². The first-order valence-electron chi connectivity index (χ1n) is 9.95. The van der Waals surface area contributed by atoms with Crippen LogP contribution in [0.1, 0.15) is 38.5 Å². The van der Waals surface area contributed by atoms with Gasteiger partial charge in [-0.15, -0.1) is 0 Å². The normalized spacial score (nSPS) is 20.4. The fourth-order valence-corrected chi connectivity index (χ4v) is 4.14. The third-order valence-corrected chi connectivity index (χ3v) is 5.55. The zero-order chi connectivity index (χ0) is 20.8. The van der Waals surface area contributed by atoms with Crippen molar-refractivity contribution in [2.45, 2.75) is 44.6 Å². The maximum atomic E-state index is 13.2. The molecule has 10 heteroatoms. The maximum absolute atomic E-state index is 13.2. The monoisotopic (exact) mass is 405 g/mol. The van der Waals surface area contributed by atoms with Gasteiger partial charge in [0.1, 0.15) is 11.9 Å². The molecule has 0 spiro atoms. The number of rotatable bonds is 8. The lowest BCUT2D eigenvalue weighted by Crippen LogP contribution is -2.51. The molecule has 1 aromatic rings. The van der Waals surface area contributed by atoms with Gasteiger partial charge >= 0.3 is 0 Å². The minimum absolute atomic E-state index is 0.114. The number of nitrogens with one attached hydrogen (secondary N) is 3. The number of aromatic amines is 1. The molecule has 1 aromatic heterocycles. The van der Waals surface area contributed by atoms with Gasteiger partial charge in [-0.2, -0.15) is 0 Å². The summed E-state index contributed by atoms with van der Waals surface area (Å²) in [6.45, 7) is 0.333. The molecule has 0 aromatic carbocycles. The van der Waals surface area contributed by atoms with Gasteiger partial charge in [0.15, 0.2) is 5.43 Å². The average molecular weight is 405 g/mol. The standard InChI is InChI=1S/C19H27N5O5/c25-12-23(29)11-14(9-13-3-1-2-4-13)19(28)24-16(6-8-21-24)18(27)22-17-10-15(26)5-7-20-17/h5,7,10,12-14,16,21,29H,1-4,6,8-9,11H2,(H2,20,22,26,27). The minimum Gasteiger partial charge on any atom is -0.348 e. The van der Waals surface area contributed by atoms with Crippen molar-refractivity contribution < 1.29 is 19.6 Å². The number of carbonyl (C=O) groups is 3. The van der Waals surface area contributed by atoms with Crippen LogP contribution in [0.15, 0.2) is 23.1 Å². The van der Waals surface area contributed by atoms with E-state index in [9.17, 15) is 24.4 Å². The Morgan fingerprint density at radius 1 is 1.34 bits per heavy atom. The van der Waals surface area contributed by atoms with E-state index in [2.05, 4.69) is 15.7 Å². The Morgan fingerprint density at radius 3 is 2.79 bits per heavy atom. The maximum Gasteiger partial charge on any atom is 0.249 e. The van der Waals surface area contributed by atoms with Gasteiger partial charge in [0.25, 0.3) is 0 Å². The third-order valence-electron chi connectivity index (χ3n) is 5.55. The molecule has 2 fully saturated rings. The van der Waals surface area contributed by atoms with Crippen LogP contribution in [0.4, 0.5) is 5.82 Å². The number of hydrogen-bond donors (Lipinski definition) is 4. The molecule has 3 amide bonds. The predicted octanol–water partition coefficient (Wildman–Crippen LogP) is 0.463. The summed E-state index contributed by atoms with van der Waals surface area (Å²) in [6.07, 6.45) is 6.96. The van der Waals surface area contributed by atoms with Crippen LogP contribution in [0.2, 0.25) is 0 Å². The first kappa shape index (κ1) is 21.0. The molecule has 29 heavy (non-hydrogen) atoms. The Hall–Kier alpha value is -2.72. The molecule has 10 nitrogen and oxygen atoms in total. The number of hydroxylamine groups is 2. The van der Waals surface area contributed by atoms with Crippen LogP contribution in [0.5, 0.6) is 0 Å². The second-order valence-electron chi connectivity index (χ2n) is 7.66. The van der Waals surface area contributed by atoms with E-state index in [-0.39, 0.29) is 30.1 Å². The molecule has 1 saturated heterocycles. The SMILES string of the molecule is O=CN(O)CC(CC1CCCC1)C(=O)N1NCCC1C(=O)Nc1cc(=O)cc[nH]1. The Kier molecular flexibility index (Phi) is 6.99. The van der Waals surface area contributed by atoms with Gasteiger partial charge in [-0.1, -0.05) is 25.7 Å². The van der Waals surface area contributed by atoms with Crippen LogP contribution in [0, 0.1) is 11.8 Å². The lowest BCUT2D eigenvalue weighted by atomic mass is 9.92. The molecule has 0 radical (unpaired) electrons. The molecule has 4 N–H and O–H groups in total. The van der Waals surface area contributed by atoms with Gasteiger partial charge in [-0.25, -0.2) is 10.5 Å². The molecule has 2 heterocycles. The molecule has 1 aliphatic heterocycles. The number of hydrogen-bond acceptors (Lipinski definition) is 6. The number of pyridine rings is 1. The quantitative estimate of drug-likeness (QED) is 0.282. The molecule has 2 aliphatic rings. The lowest BCUT2D eigenvalue weighted by Gasteiger charge is -2.29. The smallest absolute Gasteiger partial charge is 0.249 e. The van der Waals surface area contributed by atoms with Crippen molar-refractivity contribution in [1.29, 1.82) is 0 Å².